The molecule has 0 N–H and O–H groups in total. The molecule has 0 saturated heterocycles. The highest BCUT2D eigenvalue weighted by molar-refractivity contribution is 6.29. The third kappa shape index (κ3) is 3.44. The van der Waals surface area contributed by atoms with Gasteiger partial charge in [0.1, 0.15) is 11.5 Å². The maximum Gasteiger partial charge on any atom is 0.143 e. The van der Waals surface area contributed by atoms with Gasteiger partial charge in [0.25, 0.3) is 0 Å². The Kier molecular flexibility index (Phi) is 4.15. The van der Waals surface area contributed by atoms with Crippen molar-refractivity contribution in [3.63, 3.8) is 0 Å². The maximum atomic E-state index is 9.06. The molecule has 0 radical (unpaired) electrons. The summed E-state index contributed by atoms with van der Waals surface area (Å²) in [5, 5.41) is 9.78. The number of benzene rings is 9. The molecule has 45 heavy (non-hydrogen) atoms. The Bertz CT molecular complexity index is 2940. The lowest BCUT2D eigenvalue weighted by atomic mass is 9.82. The fourth-order valence-corrected chi connectivity index (χ4v) is 7.45. The number of fused-ring (bicyclic) bond motifs is 8. The van der Waals surface area contributed by atoms with Gasteiger partial charge in [-0.3, -0.25) is 0 Å². The number of hydrogen-bond donors (Lipinski definition) is 0. The van der Waals surface area contributed by atoms with Crippen LogP contribution in [0.25, 0.3) is 87.2 Å². The molecule has 1 aliphatic rings. The molecule has 1 nitrogen and oxygen atoms in total. The van der Waals surface area contributed by atoms with E-state index in [4.69, 9.17) is 11.6 Å². The van der Waals surface area contributed by atoms with Gasteiger partial charge in [0, 0.05) is 16.3 Å². The van der Waals surface area contributed by atoms with Gasteiger partial charge in [0.05, 0.1) is 6.85 Å². The second kappa shape index (κ2) is 9.29. The van der Waals surface area contributed by atoms with Gasteiger partial charge < -0.3 is 4.74 Å². The molecular formula is C44H26O. The molecule has 9 aromatic carbocycles. The lowest BCUT2D eigenvalue weighted by molar-refractivity contribution is 0.493. The van der Waals surface area contributed by atoms with Crippen LogP contribution in [0.15, 0.2) is 158 Å². The Balaban J connectivity index is 1.37. The van der Waals surface area contributed by atoms with Gasteiger partial charge in [-0.05, 0) is 89.1 Å². The van der Waals surface area contributed by atoms with Gasteiger partial charge in [-0.25, -0.2) is 0 Å². The summed E-state index contributed by atoms with van der Waals surface area (Å²) in [5.74, 6) is 1.67. The maximum absolute atomic E-state index is 9.06. The van der Waals surface area contributed by atoms with Crippen molar-refractivity contribution in [3.8, 4) is 44.9 Å². The van der Waals surface area contributed by atoms with Crippen LogP contribution in [0.3, 0.4) is 0 Å². The third-order valence-electron chi connectivity index (χ3n) is 9.32. The molecule has 0 bridgehead atoms. The zero-order valence-electron chi connectivity index (χ0n) is 29.0. The van der Waals surface area contributed by atoms with Crippen molar-refractivity contribution in [1.82, 2.24) is 0 Å². The molecule has 0 saturated carbocycles. The van der Waals surface area contributed by atoms with Crippen LogP contribution in [-0.4, -0.2) is 0 Å². The number of ether oxygens (including phenoxy) is 1. The first-order chi connectivity index (χ1) is 24.4. The molecule has 0 fully saturated rings. The monoisotopic (exact) mass is 575 g/mol. The third-order valence-corrected chi connectivity index (χ3v) is 9.32. The highest BCUT2D eigenvalue weighted by Gasteiger charge is 2.25. The van der Waals surface area contributed by atoms with Crippen LogP contribution in [0.5, 0.6) is 11.5 Å². The van der Waals surface area contributed by atoms with Crippen LogP contribution in [0, 0.1) is 0 Å². The summed E-state index contributed by atoms with van der Waals surface area (Å²) in [4.78, 5) is 0. The molecular weight excluding hydrogens is 544 g/mol. The minimum Gasteiger partial charge on any atom is -0.455 e. The van der Waals surface area contributed by atoms with Gasteiger partial charge >= 0.3 is 0 Å². The quantitative estimate of drug-likeness (QED) is 0.147. The zero-order chi connectivity index (χ0) is 33.8. The topological polar surface area (TPSA) is 9.23 Å². The van der Waals surface area contributed by atoms with E-state index in [0.717, 1.165) is 87.6 Å². The highest BCUT2D eigenvalue weighted by Crippen LogP contribution is 2.53. The van der Waals surface area contributed by atoms with E-state index >= 15 is 0 Å². The molecule has 0 atom stereocenters. The standard InChI is InChI=1S/C44H26O/c1-2-13-29(14-3-1)40-32-17-8-9-18-33(32)41(38-24-22-27-11-4-6-15-30(27)43(38)40)36-25-26-39-42-34(36)19-10-20-35(42)37-23-21-28-12-5-7-16-31(28)44(37)45-39/h1-26H/i1D,2D,3D,13D,14D. The van der Waals surface area contributed by atoms with E-state index in [0.29, 0.717) is 5.56 Å². The first-order valence-corrected chi connectivity index (χ1v) is 15.1. The van der Waals surface area contributed by atoms with Crippen molar-refractivity contribution in [2.45, 2.75) is 0 Å². The summed E-state index contributed by atoms with van der Waals surface area (Å²) in [6.45, 7) is 0. The van der Waals surface area contributed by atoms with E-state index in [1.807, 2.05) is 42.5 Å². The Hall–Kier alpha value is -5.92. The Morgan fingerprint density at radius 1 is 0.400 bits per heavy atom. The largest absolute Gasteiger partial charge is 0.455 e. The summed E-state index contributed by atoms with van der Waals surface area (Å²) in [7, 11) is 0. The van der Waals surface area contributed by atoms with Crippen molar-refractivity contribution in [3.05, 3.63) is 158 Å². The molecule has 0 amide bonds. The van der Waals surface area contributed by atoms with Crippen molar-refractivity contribution >= 4 is 53.9 Å². The van der Waals surface area contributed by atoms with Crippen LogP contribution in [0.2, 0.25) is 0 Å². The summed E-state index contributed by atoms with van der Waals surface area (Å²) in [5.41, 5.74) is 5.06. The van der Waals surface area contributed by atoms with Gasteiger partial charge in [-0.15, -0.1) is 0 Å². The van der Waals surface area contributed by atoms with Gasteiger partial charge in [-0.2, -0.15) is 0 Å². The van der Waals surface area contributed by atoms with Crippen molar-refractivity contribution in [1.29, 1.82) is 0 Å². The molecule has 0 unspecified atom stereocenters. The second-order valence-electron chi connectivity index (χ2n) is 11.6. The van der Waals surface area contributed by atoms with Crippen molar-refractivity contribution in [2.24, 2.45) is 0 Å². The van der Waals surface area contributed by atoms with E-state index in [2.05, 4.69) is 84.9 Å². The summed E-state index contributed by atoms with van der Waals surface area (Å²) < 4.78 is 50.3. The predicted molar refractivity (Wildman–Crippen MR) is 190 cm³/mol. The Morgan fingerprint density at radius 2 is 1.04 bits per heavy atom. The molecule has 1 heterocycles. The molecule has 0 spiro atoms. The highest BCUT2D eigenvalue weighted by atomic mass is 16.5. The van der Waals surface area contributed by atoms with Crippen LogP contribution >= 0.6 is 0 Å². The van der Waals surface area contributed by atoms with Crippen molar-refractivity contribution in [2.75, 3.05) is 0 Å². The second-order valence-corrected chi connectivity index (χ2v) is 11.6. The van der Waals surface area contributed by atoms with Crippen LogP contribution in [0.4, 0.5) is 0 Å². The van der Waals surface area contributed by atoms with Crippen molar-refractivity contribution < 1.29 is 11.6 Å². The van der Waals surface area contributed by atoms with Crippen LogP contribution in [-0.2, 0) is 0 Å². The first kappa shape index (κ1) is 20.1. The molecule has 0 aliphatic carbocycles. The SMILES string of the molecule is [2H]c1c([2H])c([2H])c(-c2c3ccccc3c(-c3ccc4c5c(cccc35)-c3ccc5ccccc5c3O4)c3ccc4ccccc4c23)c([2H])c1[2H]. The molecule has 208 valence electrons. The average molecular weight is 576 g/mol. The lowest BCUT2D eigenvalue weighted by Crippen LogP contribution is -1.99. The average Bonchev–Trinajstić information content (AvgIpc) is 3.16. The normalized spacial score (nSPS) is 13.7. The van der Waals surface area contributed by atoms with Gasteiger partial charge in [0.2, 0.25) is 0 Å². The van der Waals surface area contributed by atoms with E-state index in [-0.39, 0.29) is 29.7 Å². The first-order valence-electron chi connectivity index (χ1n) is 17.6. The smallest absolute Gasteiger partial charge is 0.143 e. The molecule has 10 rings (SSSR count). The molecule has 1 aliphatic heterocycles. The van der Waals surface area contributed by atoms with E-state index < -0.39 is 6.04 Å². The zero-order valence-corrected chi connectivity index (χ0v) is 24.0. The molecule has 0 aromatic heterocycles. The molecule has 9 aromatic rings. The summed E-state index contributed by atoms with van der Waals surface area (Å²) in [6.07, 6.45) is 0. The Labute approximate surface area is 267 Å². The van der Waals surface area contributed by atoms with Crippen LogP contribution in [0.1, 0.15) is 6.85 Å². The molecule has 1 heteroatoms. The fraction of sp³-hybridized carbons (Fsp3) is 0. The van der Waals surface area contributed by atoms with E-state index in [1.165, 1.54) is 0 Å². The minimum atomic E-state index is -0.403. The predicted octanol–water partition coefficient (Wildman–Crippen LogP) is 12.6. The van der Waals surface area contributed by atoms with Gasteiger partial charge in [-0.1, -0.05) is 139 Å². The van der Waals surface area contributed by atoms with Gasteiger partial charge in [0.15, 0.2) is 0 Å². The summed E-state index contributed by atoms with van der Waals surface area (Å²) >= 11 is 0. The number of hydrogen-bond acceptors (Lipinski definition) is 1. The number of rotatable bonds is 2. The lowest BCUT2D eigenvalue weighted by Gasteiger charge is -2.25. The Morgan fingerprint density at radius 3 is 1.87 bits per heavy atom. The van der Waals surface area contributed by atoms with E-state index in [9.17, 15) is 0 Å². The fourth-order valence-electron chi connectivity index (χ4n) is 7.45. The van der Waals surface area contributed by atoms with Crippen LogP contribution < -0.4 is 4.74 Å². The minimum absolute atomic E-state index is 0.203. The summed E-state index contributed by atoms with van der Waals surface area (Å²) in [6, 6.07) is 42.0. The van der Waals surface area contributed by atoms with E-state index in [1.54, 1.807) is 0 Å².